The van der Waals surface area contributed by atoms with Crippen molar-refractivity contribution < 1.29 is 57.3 Å². The summed E-state index contributed by atoms with van der Waals surface area (Å²) in [5.41, 5.74) is -1.91. The third-order valence-electron chi connectivity index (χ3n) is 13.6. The topological polar surface area (TPSA) is 145 Å². The Labute approximate surface area is 348 Å². The standard InChI is InChI=1S/C44H78N2O12/c1-18-32-44(11,48)38-27(5)34(45-12)25(3)20-43(10,53-23-24(2)22-52-38)37(58-41-36(49-15)31(46(13)14)19-26(4)54-41)28(6)35(29(7)40(47)56-32)57-33-21-42(9,51-17)39(50-16)30(8)55-33/h25-33,35-39,41,48H,2,18-23H2,1,3-17H3/t25-,26-,27+,28+,29-,30+,31+,32-,33+,35+,36-,37-,38-,39+,41+,42-,43-,44-/m1/s1. The lowest BCUT2D eigenvalue weighted by Crippen LogP contribution is -2.62. The van der Waals surface area contributed by atoms with E-state index in [1.165, 1.54) is 0 Å². The van der Waals surface area contributed by atoms with Gasteiger partial charge in [-0.2, -0.15) is 0 Å². The molecule has 18 atom stereocenters. The van der Waals surface area contributed by atoms with Gasteiger partial charge < -0.3 is 57.4 Å². The van der Waals surface area contributed by atoms with Crippen LogP contribution in [0.3, 0.4) is 0 Å². The van der Waals surface area contributed by atoms with Gasteiger partial charge in [0.25, 0.3) is 0 Å². The summed E-state index contributed by atoms with van der Waals surface area (Å²) in [6.07, 6.45) is -4.43. The molecule has 14 heteroatoms. The number of nitrogens with zero attached hydrogens (tertiary/aromatic N) is 2. The molecule has 0 aromatic rings. The lowest BCUT2D eigenvalue weighted by atomic mass is 9.73. The maximum Gasteiger partial charge on any atom is 0.311 e. The largest absolute Gasteiger partial charge is 0.459 e. The molecular weight excluding hydrogens is 748 g/mol. The molecule has 0 aromatic heterocycles. The van der Waals surface area contributed by atoms with E-state index in [1.54, 1.807) is 42.2 Å². The lowest BCUT2D eigenvalue weighted by molar-refractivity contribution is -0.322. The van der Waals surface area contributed by atoms with Gasteiger partial charge in [-0.05, 0) is 86.4 Å². The summed E-state index contributed by atoms with van der Waals surface area (Å²) in [6, 6.07) is -0.00129. The van der Waals surface area contributed by atoms with E-state index in [-0.39, 0.29) is 43.3 Å². The first kappa shape index (κ1) is 49.1. The van der Waals surface area contributed by atoms with E-state index in [0.29, 0.717) is 24.8 Å². The molecular formula is C44H78N2O12. The molecule has 0 aliphatic carbocycles. The van der Waals surface area contributed by atoms with Crippen LogP contribution in [-0.4, -0.2) is 162 Å². The molecule has 0 spiro atoms. The average Bonchev–Trinajstić information content (AvgIpc) is 3.17. The first-order valence-corrected chi connectivity index (χ1v) is 21.3. The second-order valence-electron chi connectivity index (χ2n) is 18.4. The van der Waals surface area contributed by atoms with Crippen molar-refractivity contribution >= 4 is 11.7 Å². The number of hydrogen-bond donors (Lipinski definition) is 1. The highest BCUT2D eigenvalue weighted by Gasteiger charge is 2.55. The highest BCUT2D eigenvalue weighted by atomic mass is 16.7. The Balaban J connectivity index is 1.97. The SMILES string of the molecule is C=C1CO[C@@H]2[C@@H](C)C(=NC)[C@H](C)C[C@@](C)(OC1)[C@H](O[C@@H]1O[C@H](C)C[C@H](N(C)C)[C@H]1OC)[C@@H](C)[C@H](O[C@H]1C[C@@](C)(OC)[C@@H](OC)[C@H](C)O1)[C@@H](C)C(=O)O[C@H](CC)[C@@]2(C)O. The molecule has 4 aliphatic rings. The van der Waals surface area contributed by atoms with Crippen LogP contribution < -0.4 is 0 Å². The molecule has 4 rings (SSSR count). The van der Waals surface area contributed by atoms with Crippen molar-refractivity contribution in [3.05, 3.63) is 12.2 Å². The Kier molecular flexibility index (Phi) is 17.0. The van der Waals surface area contributed by atoms with Crippen LogP contribution in [0.25, 0.3) is 0 Å². The van der Waals surface area contributed by atoms with Crippen LogP contribution in [0.1, 0.15) is 94.9 Å². The van der Waals surface area contributed by atoms with Crippen molar-refractivity contribution in [1.29, 1.82) is 0 Å². The normalized spacial score (nSPS) is 47.3. The van der Waals surface area contributed by atoms with Gasteiger partial charge in [-0.15, -0.1) is 0 Å². The van der Waals surface area contributed by atoms with Gasteiger partial charge in [0.1, 0.15) is 23.9 Å². The van der Waals surface area contributed by atoms with Crippen LogP contribution in [0.4, 0.5) is 0 Å². The van der Waals surface area contributed by atoms with Crippen LogP contribution in [-0.2, 0) is 52.2 Å². The van der Waals surface area contributed by atoms with Gasteiger partial charge in [0.15, 0.2) is 12.6 Å². The first-order chi connectivity index (χ1) is 27.1. The molecule has 4 saturated heterocycles. The number of aliphatic imine (C=N–C) groups is 1. The first-order valence-electron chi connectivity index (χ1n) is 21.3. The van der Waals surface area contributed by atoms with E-state index in [4.69, 9.17) is 52.4 Å². The van der Waals surface area contributed by atoms with Gasteiger partial charge >= 0.3 is 5.97 Å². The third kappa shape index (κ3) is 10.4. The number of esters is 1. The Morgan fingerprint density at radius 1 is 0.914 bits per heavy atom. The quantitative estimate of drug-likeness (QED) is 0.240. The van der Waals surface area contributed by atoms with E-state index < -0.39 is 83.8 Å². The van der Waals surface area contributed by atoms with Crippen LogP contribution >= 0.6 is 0 Å². The maximum absolute atomic E-state index is 14.7. The van der Waals surface area contributed by atoms with Crippen LogP contribution in [0.15, 0.2) is 17.1 Å². The lowest BCUT2D eigenvalue weighted by Gasteiger charge is -2.50. The molecule has 0 aromatic carbocycles. The Morgan fingerprint density at radius 2 is 1.59 bits per heavy atom. The van der Waals surface area contributed by atoms with Gasteiger partial charge in [0.2, 0.25) is 0 Å². The predicted octanol–water partition coefficient (Wildman–Crippen LogP) is 5.21. The Bertz CT molecular complexity index is 1400. The zero-order chi connectivity index (χ0) is 43.5. The van der Waals surface area contributed by atoms with Gasteiger partial charge in [-0.25, -0.2) is 0 Å². The van der Waals surface area contributed by atoms with Crippen LogP contribution in [0.2, 0.25) is 0 Å². The zero-order valence-corrected chi connectivity index (χ0v) is 38.4. The summed E-state index contributed by atoms with van der Waals surface area (Å²) < 4.78 is 65.6. The summed E-state index contributed by atoms with van der Waals surface area (Å²) in [5, 5.41) is 12.5. The molecule has 4 heterocycles. The smallest absolute Gasteiger partial charge is 0.311 e. The van der Waals surface area contributed by atoms with Crippen molar-refractivity contribution in [2.75, 3.05) is 55.7 Å². The minimum atomic E-state index is -1.61. The maximum atomic E-state index is 14.7. The number of methoxy groups -OCH3 is 3. The summed E-state index contributed by atoms with van der Waals surface area (Å²) >= 11 is 0. The number of ether oxygens (including phenoxy) is 10. The van der Waals surface area contributed by atoms with Gasteiger partial charge in [-0.3, -0.25) is 9.79 Å². The third-order valence-corrected chi connectivity index (χ3v) is 13.6. The predicted molar refractivity (Wildman–Crippen MR) is 221 cm³/mol. The molecule has 0 saturated carbocycles. The second-order valence-corrected chi connectivity index (χ2v) is 18.4. The minimum Gasteiger partial charge on any atom is -0.459 e. The van der Waals surface area contributed by atoms with Crippen LogP contribution in [0.5, 0.6) is 0 Å². The fraction of sp³-hybridized carbons (Fsp3) is 0.909. The average molecular weight is 827 g/mol. The molecule has 4 aliphatic heterocycles. The summed E-state index contributed by atoms with van der Waals surface area (Å²) in [4.78, 5) is 21.6. The number of fused-ring (bicyclic) bond motifs is 5. The highest BCUT2D eigenvalue weighted by Crippen LogP contribution is 2.43. The van der Waals surface area contributed by atoms with Gasteiger partial charge in [-0.1, -0.05) is 34.3 Å². The zero-order valence-electron chi connectivity index (χ0n) is 38.4. The van der Waals surface area contributed by atoms with Crippen molar-refractivity contribution in [2.45, 2.75) is 179 Å². The number of cyclic esters (lactones) is 1. The van der Waals surface area contributed by atoms with Crippen molar-refractivity contribution in [1.82, 2.24) is 4.90 Å². The molecule has 4 fully saturated rings. The molecule has 0 amide bonds. The van der Waals surface area contributed by atoms with E-state index in [0.717, 1.165) is 12.1 Å². The number of aliphatic hydroxyl groups is 1. The number of rotatable bonds is 9. The number of hydrogen-bond acceptors (Lipinski definition) is 14. The molecule has 1 N–H and O–H groups in total. The van der Waals surface area contributed by atoms with E-state index >= 15 is 0 Å². The van der Waals surface area contributed by atoms with Crippen molar-refractivity contribution in [2.24, 2.45) is 28.7 Å². The Hall–Kier alpha value is -1.56. The van der Waals surface area contributed by atoms with E-state index in [2.05, 4.69) is 18.4 Å². The molecule has 0 radical (unpaired) electrons. The summed E-state index contributed by atoms with van der Waals surface area (Å²) in [7, 11) is 10.8. The number of carbonyl (C=O) groups excluding carboxylic acids is 1. The molecule has 58 heavy (non-hydrogen) atoms. The summed E-state index contributed by atoms with van der Waals surface area (Å²) in [5.74, 6) is -2.51. The van der Waals surface area contributed by atoms with Crippen LogP contribution in [0, 0.1) is 23.7 Å². The Morgan fingerprint density at radius 3 is 2.16 bits per heavy atom. The van der Waals surface area contributed by atoms with Crippen molar-refractivity contribution in [3.63, 3.8) is 0 Å². The van der Waals surface area contributed by atoms with Gasteiger partial charge in [0, 0.05) is 58.4 Å². The monoisotopic (exact) mass is 827 g/mol. The molecule has 14 nitrogen and oxygen atoms in total. The minimum absolute atomic E-state index is 0.00129. The molecule has 0 unspecified atom stereocenters. The van der Waals surface area contributed by atoms with E-state index in [1.807, 2.05) is 62.6 Å². The number of likely N-dealkylation sites (N-methyl/N-ethyl adjacent to an activating group) is 1. The fourth-order valence-electron chi connectivity index (χ4n) is 10.4. The van der Waals surface area contributed by atoms with E-state index in [9.17, 15) is 9.90 Å². The number of carbonyl (C=O) groups is 1. The highest BCUT2D eigenvalue weighted by molar-refractivity contribution is 5.89. The fourth-order valence-corrected chi connectivity index (χ4v) is 10.4. The molecule has 336 valence electrons. The summed E-state index contributed by atoms with van der Waals surface area (Å²) in [6.45, 7) is 24.1. The van der Waals surface area contributed by atoms with Crippen molar-refractivity contribution in [3.8, 4) is 0 Å². The molecule has 2 bridgehead atoms. The van der Waals surface area contributed by atoms with Gasteiger partial charge in [0.05, 0.1) is 60.9 Å². The second kappa shape index (κ2) is 20.1.